The van der Waals surface area contributed by atoms with Gasteiger partial charge in [0.1, 0.15) is 0 Å². The molecule has 3 nitrogen and oxygen atoms in total. The number of alkyl carbamates (subject to hydrolysis) is 1. The SMILES string of the molecule is CCOC(=O)NCCCCCCCCC=CCCCCCCCCc1ccccc1. The third kappa shape index (κ3) is 17.1. The van der Waals surface area contributed by atoms with Crippen molar-refractivity contribution in [3.05, 3.63) is 48.0 Å². The molecule has 30 heavy (non-hydrogen) atoms. The van der Waals surface area contributed by atoms with E-state index in [1.807, 2.05) is 6.92 Å². The molecule has 0 saturated carbocycles. The van der Waals surface area contributed by atoms with Gasteiger partial charge in [-0.1, -0.05) is 93.9 Å². The summed E-state index contributed by atoms with van der Waals surface area (Å²) in [7, 11) is 0. The third-order valence-electron chi connectivity index (χ3n) is 5.44. The van der Waals surface area contributed by atoms with Gasteiger partial charge in [-0.15, -0.1) is 0 Å². The first-order valence-corrected chi connectivity index (χ1v) is 12.4. The van der Waals surface area contributed by atoms with Crippen LogP contribution in [0.2, 0.25) is 0 Å². The summed E-state index contributed by atoms with van der Waals surface area (Å²) in [4.78, 5) is 11.1. The lowest BCUT2D eigenvalue weighted by molar-refractivity contribution is 0.152. The molecule has 0 aliphatic heterocycles. The zero-order valence-electron chi connectivity index (χ0n) is 19.4. The van der Waals surface area contributed by atoms with E-state index >= 15 is 0 Å². The molecule has 1 N–H and O–H groups in total. The fourth-order valence-electron chi connectivity index (χ4n) is 3.65. The number of hydrogen-bond acceptors (Lipinski definition) is 2. The lowest BCUT2D eigenvalue weighted by atomic mass is 10.0. The Morgan fingerprint density at radius 1 is 0.767 bits per heavy atom. The van der Waals surface area contributed by atoms with Crippen molar-refractivity contribution in [2.24, 2.45) is 0 Å². The summed E-state index contributed by atoms with van der Waals surface area (Å²) in [5, 5.41) is 2.77. The zero-order valence-corrected chi connectivity index (χ0v) is 19.4. The summed E-state index contributed by atoms with van der Waals surface area (Å²) >= 11 is 0. The minimum absolute atomic E-state index is 0.289. The maximum atomic E-state index is 11.1. The minimum atomic E-state index is -0.289. The highest BCUT2D eigenvalue weighted by Crippen LogP contribution is 2.11. The van der Waals surface area contributed by atoms with E-state index in [-0.39, 0.29) is 6.09 Å². The first-order valence-electron chi connectivity index (χ1n) is 12.4. The predicted molar refractivity (Wildman–Crippen MR) is 129 cm³/mol. The van der Waals surface area contributed by atoms with Crippen LogP contribution in [0.15, 0.2) is 42.5 Å². The first-order chi connectivity index (χ1) is 14.8. The summed E-state index contributed by atoms with van der Waals surface area (Å²) in [6, 6.07) is 10.8. The Bertz CT molecular complexity index is 527. The second-order valence-electron chi connectivity index (χ2n) is 8.17. The molecule has 0 aliphatic rings. The molecule has 0 unspecified atom stereocenters. The van der Waals surface area contributed by atoms with Crippen LogP contribution in [0, 0.1) is 0 Å². The van der Waals surface area contributed by atoms with Gasteiger partial charge in [-0.2, -0.15) is 0 Å². The van der Waals surface area contributed by atoms with Crippen molar-refractivity contribution in [1.29, 1.82) is 0 Å². The summed E-state index contributed by atoms with van der Waals surface area (Å²) in [5.74, 6) is 0. The number of benzene rings is 1. The maximum Gasteiger partial charge on any atom is 0.407 e. The van der Waals surface area contributed by atoms with Gasteiger partial charge in [0.15, 0.2) is 0 Å². The van der Waals surface area contributed by atoms with Gasteiger partial charge in [0.05, 0.1) is 6.61 Å². The van der Waals surface area contributed by atoms with E-state index in [1.54, 1.807) is 0 Å². The summed E-state index contributed by atoms with van der Waals surface area (Å²) in [6.45, 7) is 3.00. The fourth-order valence-corrected chi connectivity index (χ4v) is 3.65. The Balaban J connectivity index is 1.73. The molecule has 3 heteroatoms. The molecule has 1 aromatic carbocycles. The Labute approximate surface area is 185 Å². The van der Waals surface area contributed by atoms with E-state index < -0.39 is 0 Å². The Morgan fingerprint density at radius 2 is 1.30 bits per heavy atom. The second kappa shape index (κ2) is 20.5. The first kappa shape index (κ1) is 26.3. The van der Waals surface area contributed by atoms with Gasteiger partial charge in [0, 0.05) is 6.54 Å². The number of amides is 1. The molecule has 0 aliphatic carbocycles. The van der Waals surface area contributed by atoms with Crippen LogP contribution in [0.1, 0.15) is 102 Å². The normalized spacial score (nSPS) is 11.1. The molecule has 0 fully saturated rings. The molecule has 0 saturated heterocycles. The topological polar surface area (TPSA) is 38.3 Å². The van der Waals surface area contributed by atoms with Gasteiger partial charge in [-0.05, 0) is 57.4 Å². The largest absolute Gasteiger partial charge is 0.450 e. The van der Waals surface area contributed by atoms with Crippen molar-refractivity contribution in [2.45, 2.75) is 103 Å². The quantitative estimate of drug-likeness (QED) is 0.184. The summed E-state index contributed by atoms with van der Waals surface area (Å²) in [6.07, 6.45) is 23.8. The average Bonchev–Trinajstić information content (AvgIpc) is 2.76. The maximum absolute atomic E-state index is 11.1. The fraction of sp³-hybridized carbons (Fsp3) is 0.667. The van der Waals surface area contributed by atoms with Crippen molar-refractivity contribution in [3.63, 3.8) is 0 Å². The molecule has 0 aromatic heterocycles. The smallest absolute Gasteiger partial charge is 0.407 e. The molecule has 0 atom stereocenters. The Hall–Kier alpha value is -1.77. The lowest BCUT2D eigenvalue weighted by Gasteiger charge is -2.04. The highest BCUT2D eigenvalue weighted by molar-refractivity contribution is 5.66. The number of allylic oxidation sites excluding steroid dienone is 2. The van der Waals surface area contributed by atoms with E-state index in [2.05, 4.69) is 47.8 Å². The van der Waals surface area contributed by atoms with Crippen LogP contribution in [0.4, 0.5) is 4.79 Å². The van der Waals surface area contributed by atoms with Gasteiger partial charge in [-0.25, -0.2) is 4.79 Å². The van der Waals surface area contributed by atoms with Gasteiger partial charge < -0.3 is 10.1 Å². The molecule has 0 radical (unpaired) electrons. The van der Waals surface area contributed by atoms with E-state index in [4.69, 9.17) is 4.74 Å². The second-order valence-corrected chi connectivity index (χ2v) is 8.17. The standard InChI is InChI=1S/C27H45NO2/c1-2-30-27(29)28-25-21-16-14-12-10-8-6-4-3-5-7-9-11-13-15-18-22-26-23-19-17-20-24-26/h3-4,17,19-20,23-24H,2,5-16,18,21-22,25H2,1H3,(H,28,29). The number of rotatable bonds is 19. The van der Waals surface area contributed by atoms with E-state index in [0.29, 0.717) is 6.61 Å². The Morgan fingerprint density at radius 3 is 1.90 bits per heavy atom. The molecule has 0 heterocycles. The summed E-state index contributed by atoms with van der Waals surface area (Å²) < 4.78 is 4.83. The third-order valence-corrected chi connectivity index (χ3v) is 5.44. The van der Waals surface area contributed by atoms with E-state index in [0.717, 1.165) is 13.0 Å². The van der Waals surface area contributed by atoms with Crippen LogP contribution >= 0.6 is 0 Å². The molecule has 1 rings (SSSR count). The van der Waals surface area contributed by atoms with Crippen molar-refractivity contribution < 1.29 is 9.53 Å². The number of nitrogens with one attached hydrogen (secondary N) is 1. The van der Waals surface area contributed by atoms with Crippen molar-refractivity contribution in [3.8, 4) is 0 Å². The van der Waals surface area contributed by atoms with E-state index in [9.17, 15) is 4.79 Å². The van der Waals surface area contributed by atoms with Crippen LogP contribution in [-0.2, 0) is 11.2 Å². The number of carbonyl (C=O) groups is 1. The highest BCUT2D eigenvalue weighted by Gasteiger charge is 1.98. The molecule has 1 amide bonds. The predicted octanol–water partition coefficient (Wildman–Crippen LogP) is 7.99. The van der Waals surface area contributed by atoms with Crippen molar-refractivity contribution in [1.82, 2.24) is 5.32 Å². The lowest BCUT2D eigenvalue weighted by Crippen LogP contribution is -2.25. The number of hydrogen-bond donors (Lipinski definition) is 1. The van der Waals surface area contributed by atoms with Crippen LogP contribution in [0.5, 0.6) is 0 Å². The van der Waals surface area contributed by atoms with Gasteiger partial charge >= 0.3 is 6.09 Å². The van der Waals surface area contributed by atoms with Crippen molar-refractivity contribution >= 4 is 6.09 Å². The van der Waals surface area contributed by atoms with Crippen LogP contribution in [0.25, 0.3) is 0 Å². The monoisotopic (exact) mass is 415 g/mol. The molecule has 170 valence electrons. The number of aryl methyl sites for hydroxylation is 1. The summed E-state index contributed by atoms with van der Waals surface area (Å²) in [5.41, 5.74) is 1.48. The molecular formula is C27H45NO2. The van der Waals surface area contributed by atoms with Crippen LogP contribution in [0.3, 0.4) is 0 Å². The highest BCUT2D eigenvalue weighted by atomic mass is 16.5. The van der Waals surface area contributed by atoms with Crippen LogP contribution < -0.4 is 5.32 Å². The van der Waals surface area contributed by atoms with Crippen LogP contribution in [-0.4, -0.2) is 19.2 Å². The minimum Gasteiger partial charge on any atom is -0.450 e. The van der Waals surface area contributed by atoms with Crippen molar-refractivity contribution in [2.75, 3.05) is 13.2 Å². The number of ether oxygens (including phenoxy) is 1. The van der Waals surface area contributed by atoms with Gasteiger partial charge in [0.25, 0.3) is 0 Å². The Kier molecular flexibility index (Phi) is 17.9. The van der Waals surface area contributed by atoms with Gasteiger partial charge in [0.2, 0.25) is 0 Å². The zero-order chi connectivity index (χ0) is 21.5. The average molecular weight is 416 g/mol. The molecule has 0 bridgehead atoms. The number of carbonyl (C=O) groups excluding carboxylic acids is 1. The van der Waals surface area contributed by atoms with E-state index in [1.165, 1.54) is 95.5 Å². The molecule has 0 spiro atoms. The molecular weight excluding hydrogens is 370 g/mol. The number of unbranched alkanes of at least 4 members (excludes halogenated alkanes) is 12. The van der Waals surface area contributed by atoms with Gasteiger partial charge in [-0.3, -0.25) is 0 Å². The molecule has 1 aromatic rings.